The van der Waals surface area contributed by atoms with Gasteiger partial charge in [0.25, 0.3) is 5.91 Å². The van der Waals surface area contributed by atoms with E-state index >= 15 is 0 Å². The summed E-state index contributed by atoms with van der Waals surface area (Å²) in [5.41, 5.74) is 2.03. The Kier molecular flexibility index (Phi) is 4.90. The zero-order valence-corrected chi connectivity index (χ0v) is 15.2. The van der Waals surface area contributed by atoms with Crippen molar-refractivity contribution < 1.29 is 18.4 Å². The monoisotopic (exact) mass is 379 g/mol. The van der Waals surface area contributed by atoms with Crippen molar-refractivity contribution in [2.45, 2.75) is 6.54 Å². The Bertz CT molecular complexity index is 1130. The van der Waals surface area contributed by atoms with Gasteiger partial charge in [-0.3, -0.25) is 4.79 Å². The van der Waals surface area contributed by atoms with E-state index in [9.17, 15) is 9.18 Å². The van der Waals surface area contributed by atoms with E-state index in [1.165, 1.54) is 12.1 Å². The molecule has 4 rings (SSSR count). The van der Waals surface area contributed by atoms with Gasteiger partial charge in [-0.2, -0.15) is 0 Å². The number of ether oxygens (including phenoxy) is 1. The quantitative estimate of drug-likeness (QED) is 0.541. The highest BCUT2D eigenvalue weighted by Crippen LogP contribution is 2.24. The molecular formula is C21H18FN3O3. The molecule has 4 aromatic rings. The molecule has 28 heavy (non-hydrogen) atoms. The maximum atomic E-state index is 13.9. The molecule has 0 radical (unpaired) electrons. The van der Waals surface area contributed by atoms with E-state index in [-0.39, 0.29) is 17.0 Å². The Balaban J connectivity index is 1.52. The molecule has 1 amide bonds. The van der Waals surface area contributed by atoms with Crippen molar-refractivity contribution in [1.82, 2.24) is 9.72 Å². The minimum absolute atomic E-state index is 0.0796. The number of carbonyl (C=O) groups excluding carboxylic acids is 1. The lowest BCUT2D eigenvalue weighted by Gasteiger charge is -2.06. The Morgan fingerprint density at radius 2 is 2.07 bits per heavy atom. The van der Waals surface area contributed by atoms with Crippen LogP contribution in [-0.2, 0) is 11.3 Å². The summed E-state index contributed by atoms with van der Waals surface area (Å²) in [4.78, 5) is 12.5. The third-order valence-corrected chi connectivity index (χ3v) is 4.45. The Labute approximate surface area is 160 Å². The first-order chi connectivity index (χ1) is 13.7. The highest BCUT2D eigenvalue weighted by atomic mass is 19.1. The van der Waals surface area contributed by atoms with Gasteiger partial charge in [0.05, 0.1) is 12.2 Å². The molecule has 0 atom stereocenters. The SMILES string of the molecule is COCCn1ccc2cc(NC(=O)c3cc(-c4ccccc4F)on3)ccc21. The van der Waals surface area contributed by atoms with Crippen LogP contribution in [0.15, 0.2) is 65.3 Å². The van der Waals surface area contributed by atoms with Crippen LogP contribution in [0.5, 0.6) is 0 Å². The number of hydrogen-bond acceptors (Lipinski definition) is 4. The number of nitrogens with zero attached hydrogens (tertiary/aromatic N) is 2. The van der Waals surface area contributed by atoms with E-state index in [0.29, 0.717) is 12.3 Å². The number of aromatic nitrogens is 2. The van der Waals surface area contributed by atoms with E-state index in [1.54, 1.807) is 25.3 Å². The smallest absolute Gasteiger partial charge is 0.277 e. The fourth-order valence-corrected chi connectivity index (χ4v) is 3.03. The predicted molar refractivity (Wildman–Crippen MR) is 104 cm³/mol. The van der Waals surface area contributed by atoms with Crippen molar-refractivity contribution >= 4 is 22.5 Å². The molecule has 7 heteroatoms. The molecule has 2 aromatic heterocycles. The predicted octanol–water partition coefficient (Wildman–Crippen LogP) is 4.33. The molecule has 0 spiro atoms. The van der Waals surface area contributed by atoms with Crippen molar-refractivity contribution in [3.63, 3.8) is 0 Å². The van der Waals surface area contributed by atoms with Crippen LogP contribution in [0.4, 0.5) is 10.1 Å². The number of anilines is 1. The van der Waals surface area contributed by atoms with Gasteiger partial charge in [-0.15, -0.1) is 0 Å². The van der Waals surface area contributed by atoms with Crippen molar-refractivity contribution in [3.8, 4) is 11.3 Å². The Morgan fingerprint density at radius 3 is 2.89 bits per heavy atom. The third kappa shape index (κ3) is 3.52. The molecule has 0 fully saturated rings. The number of amides is 1. The standard InChI is InChI=1S/C21H18FN3O3/c1-27-11-10-25-9-8-14-12-15(6-7-19(14)25)23-21(26)18-13-20(28-24-18)16-4-2-3-5-17(16)22/h2-9,12-13H,10-11H2,1H3,(H,23,26). The molecule has 0 saturated heterocycles. The lowest BCUT2D eigenvalue weighted by molar-refractivity contribution is 0.101. The summed E-state index contributed by atoms with van der Waals surface area (Å²) >= 11 is 0. The summed E-state index contributed by atoms with van der Waals surface area (Å²) in [6.07, 6.45) is 1.98. The summed E-state index contributed by atoms with van der Waals surface area (Å²) in [7, 11) is 1.67. The van der Waals surface area contributed by atoms with Crippen LogP contribution in [0.1, 0.15) is 10.5 Å². The van der Waals surface area contributed by atoms with Crippen LogP contribution in [0.3, 0.4) is 0 Å². The highest BCUT2D eigenvalue weighted by Gasteiger charge is 2.16. The first-order valence-corrected chi connectivity index (χ1v) is 8.76. The zero-order chi connectivity index (χ0) is 19.5. The lowest BCUT2D eigenvalue weighted by atomic mass is 10.1. The van der Waals surface area contributed by atoms with Crippen LogP contribution in [-0.4, -0.2) is 29.3 Å². The molecule has 2 heterocycles. The number of hydrogen-bond donors (Lipinski definition) is 1. The molecule has 2 aromatic carbocycles. The van der Waals surface area contributed by atoms with Crippen molar-refractivity contribution in [1.29, 1.82) is 0 Å². The van der Waals surface area contributed by atoms with E-state index in [4.69, 9.17) is 9.26 Å². The van der Waals surface area contributed by atoms with E-state index in [0.717, 1.165) is 17.4 Å². The summed E-state index contributed by atoms with van der Waals surface area (Å²) < 4.78 is 26.2. The topological polar surface area (TPSA) is 69.3 Å². The van der Waals surface area contributed by atoms with Crippen LogP contribution in [0.2, 0.25) is 0 Å². The van der Waals surface area contributed by atoms with Gasteiger partial charge in [0.15, 0.2) is 11.5 Å². The van der Waals surface area contributed by atoms with E-state index in [1.807, 2.05) is 30.5 Å². The summed E-state index contributed by atoms with van der Waals surface area (Å²) in [5, 5.41) is 7.55. The zero-order valence-electron chi connectivity index (χ0n) is 15.2. The molecule has 0 unspecified atom stereocenters. The van der Waals surface area contributed by atoms with Crippen LogP contribution in [0.25, 0.3) is 22.2 Å². The summed E-state index contributed by atoms with van der Waals surface area (Å²) in [5.74, 6) is -0.660. The molecule has 142 valence electrons. The average molecular weight is 379 g/mol. The van der Waals surface area contributed by atoms with Gasteiger partial charge in [0, 0.05) is 42.5 Å². The molecule has 0 bridgehead atoms. The van der Waals surface area contributed by atoms with Gasteiger partial charge >= 0.3 is 0 Å². The summed E-state index contributed by atoms with van der Waals surface area (Å²) in [6, 6.07) is 15.2. The van der Waals surface area contributed by atoms with Gasteiger partial charge < -0.3 is 19.1 Å². The van der Waals surface area contributed by atoms with Crippen LogP contribution >= 0.6 is 0 Å². The van der Waals surface area contributed by atoms with Crippen molar-refractivity contribution in [3.05, 3.63) is 72.3 Å². The number of benzene rings is 2. The minimum Gasteiger partial charge on any atom is -0.383 e. The minimum atomic E-state index is -0.436. The molecule has 0 saturated carbocycles. The molecular weight excluding hydrogens is 361 g/mol. The number of methoxy groups -OCH3 is 1. The second-order valence-corrected chi connectivity index (χ2v) is 6.29. The Hall–Kier alpha value is -3.45. The molecule has 0 aliphatic heterocycles. The second-order valence-electron chi connectivity index (χ2n) is 6.29. The molecule has 0 aliphatic carbocycles. The lowest BCUT2D eigenvalue weighted by Crippen LogP contribution is -2.12. The maximum Gasteiger partial charge on any atom is 0.277 e. The van der Waals surface area contributed by atoms with Gasteiger partial charge in [-0.1, -0.05) is 17.3 Å². The van der Waals surface area contributed by atoms with Gasteiger partial charge in [-0.25, -0.2) is 4.39 Å². The number of rotatable bonds is 6. The van der Waals surface area contributed by atoms with Gasteiger partial charge in [0.2, 0.25) is 0 Å². The number of carbonyl (C=O) groups is 1. The second kappa shape index (κ2) is 7.66. The summed E-state index contributed by atoms with van der Waals surface area (Å²) in [6.45, 7) is 1.38. The van der Waals surface area contributed by atoms with Crippen LogP contribution < -0.4 is 5.32 Å². The van der Waals surface area contributed by atoms with Gasteiger partial charge in [-0.05, 0) is 36.4 Å². The normalized spacial score (nSPS) is 11.1. The first kappa shape index (κ1) is 17.9. The van der Waals surface area contributed by atoms with Gasteiger partial charge in [0.1, 0.15) is 5.82 Å². The third-order valence-electron chi connectivity index (χ3n) is 4.45. The molecule has 1 N–H and O–H groups in total. The van der Waals surface area contributed by atoms with Crippen molar-refractivity contribution in [2.24, 2.45) is 0 Å². The van der Waals surface area contributed by atoms with E-state index in [2.05, 4.69) is 15.0 Å². The largest absolute Gasteiger partial charge is 0.383 e. The van der Waals surface area contributed by atoms with E-state index < -0.39 is 11.7 Å². The van der Waals surface area contributed by atoms with Crippen LogP contribution in [0, 0.1) is 5.82 Å². The Morgan fingerprint density at radius 1 is 1.21 bits per heavy atom. The number of fused-ring (bicyclic) bond motifs is 1. The molecule has 0 aliphatic rings. The maximum absolute atomic E-state index is 13.9. The first-order valence-electron chi connectivity index (χ1n) is 8.76. The fraction of sp³-hybridized carbons (Fsp3) is 0.143. The number of halogens is 1. The number of nitrogens with one attached hydrogen (secondary N) is 1. The highest BCUT2D eigenvalue weighted by molar-refractivity contribution is 6.04. The fourth-order valence-electron chi connectivity index (χ4n) is 3.03. The molecule has 6 nitrogen and oxygen atoms in total. The average Bonchev–Trinajstić information content (AvgIpc) is 3.34. The van der Waals surface area contributed by atoms with Crippen molar-refractivity contribution in [2.75, 3.05) is 19.0 Å².